The van der Waals surface area contributed by atoms with Crippen LogP contribution in [0.4, 0.5) is 5.69 Å². The van der Waals surface area contributed by atoms with Crippen LogP contribution < -0.4 is 14.8 Å². The molecule has 2 heterocycles. The Morgan fingerprint density at radius 1 is 1.04 bits per heavy atom. The minimum Gasteiger partial charge on any atom is -0.493 e. The molecule has 1 amide bonds. The molecule has 0 radical (unpaired) electrons. The predicted molar refractivity (Wildman–Crippen MR) is 101 cm³/mol. The number of carbonyl (C=O) groups is 1. The largest absolute Gasteiger partial charge is 0.493 e. The molecular weight excluding hydrogens is 344 g/mol. The van der Waals surface area contributed by atoms with Crippen LogP contribution in [0.2, 0.25) is 0 Å². The van der Waals surface area contributed by atoms with E-state index >= 15 is 0 Å². The second-order valence-corrected chi connectivity index (χ2v) is 6.22. The van der Waals surface area contributed by atoms with Gasteiger partial charge in [-0.3, -0.25) is 4.79 Å². The number of nitrogens with one attached hydrogen (secondary N) is 1. The number of amides is 1. The number of fused-ring (bicyclic) bond motifs is 1. The molecule has 1 aliphatic heterocycles. The van der Waals surface area contributed by atoms with Crippen molar-refractivity contribution in [1.29, 1.82) is 0 Å². The number of hydrogen-bond donors (Lipinski definition) is 1. The van der Waals surface area contributed by atoms with E-state index in [2.05, 4.69) is 5.32 Å². The first-order valence-corrected chi connectivity index (χ1v) is 8.62. The van der Waals surface area contributed by atoms with Gasteiger partial charge >= 0.3 is 0 Å². The molecule has 27 heavy (non-hydrogen) atoms. The fraction of sp³-hybridized carbons (Fsp3) is 0.190. The molecule has 1 aromatic heterocycles. The van der Waals surface area contributed by atoms with Crippen LogP contribution >= 0.6 is 0 Å². The molecule has 0 saturated heterocycles. The Labute approximate surface area is 157 Å². The minimum absolute atomic E-state index is 0.0551. The van der Waals surface area contributed by atoms with Crippen LogP contribution in [-0.4, -0.2) is 25.0 Å². The van der Waals surface area contributed by atoms with Crippen molar-refractivity contribution >= 4 is 11.6 Å². The maximum Gasteiger partial charge on any atom is 0.258 e. The molecule has 0 fully saturated rings. The van der Waals surface area contributed by atoms with Crippen LogP contribution in [0.15, 0.2) is 65.3 Å². The van der Waals surface area contributed by atoms with Crippen LogP contribution in [0.25, 0.3) is 0 Å². The molecule has 0 spiro atoms. The van der Waals surface area contributed by atoms with Gasteiger partial charge in [-0.2, -0.15) is 0 Å². The molecule has 3 aromatic rings. The summed E-state index contributed by atoms with van der Waals surface area (Å²) < 4.78 is 16.2. The van der Waals surface area contributed by atoms with E-state index in [1.807, 2.05) is 54.6 Å². The lowest BCUT2D eigenvalue weighted by molar-refractivity contribution is 0.0651. The molecule has 1 atom stereocenters. The minimum atomic E-state index is -0.364. The number of ether oxygens (including phenoxy) is 2. The number of rotatable bonds is 5. The summed E-state index contributed by atoms with van der Waals surface area (Å²) in [5.41, 5.74) is 2.33. The summed E-state index contributed by atoms with van der Waals surface area (Å²) in [6, 6.07) is 16.8. The van der Waals surface area contributed by atoms with E-state index in [0.29, 0.717) is 23.6 Å². The highest BCUT2D eigenvalue weighted by Gasteiger charge is 2.33. The molecule has 0 aliphatic carbocycles. The second kappa shape index (κ2) is 7.07. The number of furan rings is 1. The fourth-order valence-corrected chi connectivity index (χ4v) is 3.31. The molecule has 6 heteroatoms. The Hall–Kier alpha value is -3.41. The van der Waals surface area contributed by atoms with Gasteiger partial charge in [0, 0.05) is 5.69 Å². The third kappa shape index (κ3) is 3.10. The van der Waals surface area contributed by atoms with E-state index < -0.39 is 0 Å². The monoisotopic (exact) mass is 364 g/mol. The highest BCUT2D eigenvalue weighted by Crippen LogP contribution is 2.37. The zero-order valence-corrected chi connectivity index (χ0v) is 15.1. The molecule has 2 aromatic carbocycles. The fourth-order valence-electron chi connectivity index (χ4n) is 3.31. The quantitative estimate of drug-likeness (QED) is 0.740. The first-order valence-electron chi connectivity index (χ1n) is 8.62. The van der Waals surface area contributed by atoms with E-state index in [1.165, 1.54) is 0 Å². The van der Waals surface area contributed by atoms with E-state index in [0.717, 1.165) is 17.0 Å². The summed E-state index contributed by atoms with van der Waals surface area (Å²) in [4.78, 5) is 14.9. The van der Waals surface area contributed by atoms with Gasteiger partial charge in [-0.1, -0.05) is 18.2 Å². The van der Waals surface area contributed by atoms with Crippen molar-refractivity contribution in [1.82, 2.24) is 4.90 Å². The average Bonchev–Trinajstić information content (AvgIpc) is 3.22. The highest BCUT2D eigenvalue weighted by atomic mass is 16.5. The summed E-state index contributed by atoms with van der Waals surface area (Å²) in [5.74, 6) is 1.91. The van der Waals surface area contributed by atoms with Gasteiger partial charge in [-0.15, -0.1) is 0 Å². The molecule has 0 saturated carbocycles. The molecule has 6 nitrogen and oxygen atoms in total. The first-order chi connectivity index (χ1) is 13.2. The van der Waals surface area contributed by atoms with Gasteiger partial charge in [0.25, 0.3) is 5.91 Å². The van der Waals surface area contributed by atoms with Gasteiger partial charge in [-0.25, -0.2) is 0 Å². The van der Waals surface area contributed by atoms with Crippen molar-refractivity contribution in [3.63, 3.8) is 0 Å². The van der Waals surface area contributed by atoms with Crippen LogP contribution in [0.3, 0.4) is 0 Å². The zero-order chi connectivity index (χ0) is 18.8. The Kier molecular flexibility index (Phi) is 4.46. The summed E-state index contributed by atoms with van der Waals surface area (Å²) >= 11 is 0. The number of hydrogen-bond acceptors (Lipinski definition) is 5. The topological polar surface area (TPSA) is 63.9 Å². The predicted octanol–water partition coefficient (Wildman–Crippen LogP) is 4.06. The first kappa shape index (κ1) is 17.0. The Bertz CT molecular complexity index is 953. The average molecular weight is 364 g/mol. The van der Waals surface area contributed by atoms with E-state index in [4.69, 9.17) is 13.9 Å². The number of para-hydroxylation sites is 1. The lowest BCUT2D eigenvalue weighted by Crippen LogP contribution is -2.42. The standard InChI is InChI=1S/C21H20N2O4/c1-25-18-10-9-14(12-19(18)26-2)20-22-17-8-4-3-7-16(17)21(24)23(20)13-15-6-5-11-27-15/h3-12,20,22H,13H2,1-2H3/t20-/m0/s1. The zero-order valence-electron chi connectivity index (χ0n) is 15.1. The smallest absolute Gasteiger partial charge is 0.258 e. The summed E-state index contributed by atoms with van der Waals surface area (Å²) in [5, 5.41) is 3.46. The van der Waals surface area contributed by atoms with Gasteiger partial charge < -0.3 is 24.1 Å². The van der Waals surface area contributed by atoms with Crippen molar-refractivity contribution in [2.24, 2.45) is 0 Å². The number of carbonyl (C=O) groups excluding carboxylic acids is 1. The lowest BCUT2D eigenvalue weighted by Gasteiger charge is -2.37. The van der Waals surface area contributed by atoms with Crippen molar-refractivity contribution in [2.45, 2.75) is 12.7 Å². The van der Waals surface area contributed by atoms with Crippen LogP contribution in [0.5, 0.6) is 11.5 Å². The van der Waals surface area contributed by atoms with Gasteiger partial charge in [-0.05, 0) is 42.0 Å². The van der Waals surface area contributed by atoms with Crippen molar-refractivity contribution in [3.8, 4) is 11.5 Å². The molecule has 1 aliphatic rings. The Balaban J connectivity index is 1.77. The van der Waals surface area contributed by atoms with Crippen LogP contribution in [0, 0.1) is 0 Å². The van der Waals surface area contributed by atoms with E-state index in [-0.39, 0.29) is 12.1 Å². The highest BCUT2D eigenvalue weighted by molar-refractivity contribution is 6.01. The maximum absolute atomic E-state index is 13.2. The molecular formula is C21H20N2O4. The van der Waals surface area contributed by atoms with Crippen molar-refractivity contribution < 1.29 is 18.7 Å². The SMILES string of the molecule is COc1ccc([C@H]2Nc3ccccc3C(=O)N2Cc2ccco2)cc1OC. The number of methoxy groups -OCH3 is 2. The summed E-state index contributed by atoms with van der Waals surface area (Å²) in [6.07, 6.45) is 1.24. The van der Waals surface area contributed by atoms with Gasteiger partial charge in [0.1, 0.15) is 11.9 Å². The number of anilines is 1. The van der Waals surface area contributed by atoms with Gasteiger partial charge in [0.2, 0.25) is 0 Å². The Morgan fingerprint density at radius 2 is 1.85 bits per heavy atom. The third-order valence-electron chi connectivity index (χ3n) is 4.65. The molecule has 138 valence electrons. The number of nitrogens with zero attached hydrogens (tertiary/aromatic N) is 1. The number of benzene rings is 2. The van der Waals surface area contributed by atoms with Crippen LogP contribution in [-0.2, 0) is 6.54 Å². The van der Waals surface area contributed by atoms with E-state index in [1.54, 1.807) is 25.4 Å². The van der Waals surface area contributed by atoms with Crippen molar-refractivity contribution in [3.05, 3.63) is 77.7 Å². The Morgan fingerprint density at radius 3 is 2.59 bits per heavy atom. The van der Waals surface area contributed by atoms with Crippen LogP contribution in [0.1, 0.15) is 27.8 Å². The lowest BCUT2D eigenvalue weighted by atomic mass is 10.0. The maximum atomic E-state index is 13.2. The summed E-state index contributed by atoms with van der Waals surface area (Å²) in [6.45, 7) is 0.353. The molecule has 1 N–H and O–H groups in total. The van der Waals surface area contributed by atoms with Gasteiger partial charge in [0.15, 0.2) is 11.5 Å². The summed E-state index contributed by atoms with van der Waals surface area (Å²) in [7, 11) is 3.19. The third-order valence-corrected chi connectivity index (χ3v) is 4.65. The van der Waals surface area contributed by atoms with Gasteiger partial charge in [0.05, 0.1) is 32.6 Å². The molecule has 0 bridgehead atoms. The van der Waals surface area contributed by atoms with Crippen molar-refractivity contribution in [2.75, 3.05) is 19.5 Å². The molecule has 4 rings (SSSR count). The second-order valence-electron chi connectivity index (χ2n) is 6.22. The molecule has 0 unspecified atom stereocenters. The normalized spacial score (nSPS) is 15.9. The van der Waals surface area contributed by atoms with E-state index in [9.17, 15) is 4.79 Å².